The van der Waals surface area contributed by atoms with E-state index in [-0.39, 0.29) is 34.8 Å². The molecule has 2 fully saturated rings. The number of benzene rings is 3. The van der Waals surface area contributed by atoms with E-state index in [1.165, 1.54) is 29.2 Å². The smallest absolute Gasteiger partial charge is 0.339 e. The van der Waals surface area contributed by atoms with Crippen molar-refractivity contribution in [3.05, 3.63) is 93.7 Å². The fraction of sp³-hybridized carbons (Fsp3) is 0.286. The van der Waals surface area contributed by atoms with Crippen LogP contribution in [0.15, 0.2) is 71.2 Å². The van der Waals surface area contributed by atoms with Gasteiger partial charge in [0, 0.05) is 21.0 Å². The van der Waals surface area contributed by atoms with E-state index in [1.54, 1.807) is 36.4 Å². The van der Waals surface area contributed by atoms with Crippen molar-refractivity contribution in [2.75, 3.05) is 11.5 Å². The van der Waals surface area contributed by atoms with E-state index in [9.17, 15) is 23.6 Å². The van der Waals surface area contributed by atoms with Gasteiger partial charge < -0.3 is 4.74 Å². The number of Topliss-reactive ketones (excluding diaryl/α,β-unsaturated/α-hetero) is 1. The van der Waals surface area contributed by atoms with Gasteiger partial charge in [-0.1, -0.05) is 41.9 Å². The molecule has 2 aliphatic rings. The number of carbonyl (C=O) groups excluding carboxylic acids is 4. The molecule has 2 heterocycles. The maximum absolute atomic E-state index is 13.4. The molecule has 0 radical (unpaired) electrons. The van der Waals surface area contributed by atoms with Crippen LogP contribution in [0.3, 0.4) is 0 Å². The lowest BCUT2D eigenvalue weighted by Crippen LogP contribution is -2.30. The third-order valence-corrected chi connectivity index (χ3v) is 9.13. The van der Waals surface area contributed by atoms with Gasteiger partial charge in [0.05, 0.1) is 34.3 Å². The maximum Gasteiger partial charge on any atom is 0.339 e. The van der Waals surface area contributed by atoms with Gasteiger partial charge in [-0.3, -0.25) is 19.3 Å². The van der Waals surface area contributed by atoms with Crippen LogP contribution in [0.1, 0.15) is 59.4 Å². The van der Waals surface area contributed by atoms with Gasteiger partial charge in [-0.15, -0.1) is 0 Å². The number of halogens is 2. The van der Waals surface area contributed by atoms with Gasteiger partial charge in [0.2, 0.25) is 11.8 Å². The molecule has 4 aromatic rings. The molecule has 0 bridgehead atoms. The molecule has 1 saturated carbocycles. The number of pyridine rings is 1. The van der Waals surface area contributed by atoms with Crippen molar-refractivity contribution in [3.8, 4) is 11.3 Å². The summed E-state index contributed by atoms with van der Waals surface area (Å²) in [7, 11) is 0. The zero-order chi connectivity index (χ0) is 31.1. The average Bonchev–Trinajstić information content (AvgIpc) is 3.27. The van der Waals surface area contributed by atoms with E-state index in [0.29, 0.717) is 40.2 Å². The lowest BCUT2D eigenvalue weighted by atomic mass is 9.76. The Hall–Kier alpha value is -4.24. The average molecular weight is 658 g/mol. The lowest BCUT2D eigenvalue weighted by molar-refractivity contribution is -0.122. The molecule has 224 valence electrons. The Labute approximate surface area is 262 Å². The normalized spacial score (nSPS) is 19.7. The first kappa shape index (κ1) is 29.8. The fourth-order valence-electron chi connectivity index (χ4n) is 6.30. The van der Waals surface area contributed by atoms with E-state index in [1.807, 2.05) is 13.0 Å². The Kier molecular flexibility index (Phi) is 8.16. The highest BCUT2D eigenvalue weighted by molar-refractivity contribution is 9.10. The molecule has 44 heavy (non-hydrogen) atoms. The number of amides is 2. The summed E-state index contributed by atoms with van der Waals surface area (Å²) >= 11 is 3.52. The van der Waals surface area contributed by atoms with Crippen LogP contribution in [0.5, 0.6) is 0 Å². The molecule has 6 rings (SSSR count). The number of aromatic nitrogens is 1. The summed E-state index contributed by atoms with van der Waals surface area (Å²) in [5.74, 6) is -1.99. The minimum absolute atomic E-state index is 0.137. The Morgan fingerprint density at radius 2 is 1.68 bits per heavy atom. The molecule has 3 atom stereocenters. The topological polar surface area (TPSA) is 93.6 Å². The summed E-state index contributed by atoms with van der Waals surface area (Å²) in [4.78, 5) is 58.7. The number of esters is 1. The van der Waals surface area contributed by atoms with E-state index in [4.69, 9.17) is 9.72 Å². The van der Waals surface area contributed by atoms with Crippen LogP contribution in [0.25, 0.3) is 22.2 Å². The van der Waals surface area contributed by atoms with Gasteiger partial charge in [-0.25, -0.2) is 14.2 Å². The molecule has 1 aliphatic carbocycles. The molecule has 1 saturated heterocycles. The van der Waals surface area contributed by atoms with Gasteiger partial charge in [0.15, 0.2) is 12.4 Å². The van der Waals surface area contributed by atoms with Crippen molar-refractivity contribution in [1.29, 1.82) is 0 Å². The summed E-state index contributed by atoms with van der Waals surface area (Å²) < 4.78 is 19.5. The van der Waals surface area contributed by atoms with Gasteiger partial charge in [-0.2, -0.15) is 0 Å². The zero-order valence-electron chi connectivity index (χ0n) is 24.3. The first-order chi connectivity index (χ1) is 21.1. The second kappa shape index (κ2) is 12.0. The highest BCUT2D eigenvalue weighted by atomic mass is 79.9. The molecule has 9 heteroatoms. The van der Waals surface area contributed by atoms with Crippen LogP contribution < -0.4 is 4.90 Å². The Balaban J connectivity index is 1.32. The summed E-state index contributed by atoms with van der Waals surface area (Å²) in [6.07, 6.45) is 3.07. The van der Waals surface area contributed by atoms with E-state index < -0.39 is 24.2 Å². The highest BCUT2D eigenvalue weighted by Crippen LogP contribution is 2.42. The number of aryl methyl sites for hydroxylation is 1. The van der Waals surface area contributed by atoms with E-state index >= 15 is 0 Å². The Bertz CT molecular complexity index is 1810. The molecule has 0 N–H and O–H groups in total. The predicted octanol–water partition coefficient (Wildman–Crippen LogP) is 7.33. The monoisotopic (exact) mass is 656 g/mol. The van der Waals surface area contributed by atoms with E-state index in [2.05, 4.69) is 22.9 Å². The van der Waals surface area contributed by atoms with Crippen molar-refractivity contribution >= 4 is 56.1 Å². The van der Waals surface area contributed by atoms with Gasteiger partial charge in [-0.05, 0) is 91.8 Å². The third-order valence-electron chi connectivity index (χ3n) is 8.67. The Morgan fingerprint density at radius 3 is 2.39 bits per heavy atom. The second-order valence-electron chi connectivity index (χ2n) is 11.6. The van der Waals surface area contributed by atoms with Gasteiger partial charge in [0.25, 0.3) is 0 Å². The largest absolute Gasteiger partial charge is 0.454 e. The van der Waals surface area contributed by atoms with Crippen molar-refractivity contribution in [2.45, 2.75) is 39.5 Å². The molecule has 3 aromatic carbocycles. The predicted molar refractivity (Wildman–Crippen MR) is 168 cm³/mol. The quantitative estimate of drug-likeness (QED) is 0.117. The number of anilines is 1. The molecule has 3 unspecified atom stereocenters. The first-order valence-corrected chi connectivity index (χ1v) is 15.5. The second-order valence-corrected chi connectivity index (χ2v) is 12.5. The lowest BCUT2D eigenvalue weighted by Gasteiger charge is -2.25. The number of ketones is 1. The van der Waals surface area contributed by atoms with Crippen LogP contribution in [0, 0.1) is 23.6 Å². The van der Waals surface area contributed by atoms with Crippen LogP contribution in [0.2, 0.25) is 0 Å². The molecule has 0 spiro atoms. The zero-order valence-corrected chi connectivity index (χ0v) is 25.9. The highest BCUT2D eigenvalue weighted by Gasteiger charge is 2.49. The summed E-state index contributed by atoms with van der Waals surface area (Å²) in [6.45, 7) is 3.61. The van der Waals surface area contributed by atoms with E-state index in [0.717, 1.165) is 29.3 Å². The first-order valence-electron chi connectivity index (χ1n) is 14.7. The molecular weight excluding hydrogens is 627 g/mol. The van der Waals surface area contributed by atoms with Crippen LogP contribution in [-0.2, 0) is 20.7 Å². The van der Waals surface area contributed by atoms with Gasteiger partial charge >= 0.3 is 5.97 Å². The van der Waals surface area contributed by atoms with Crippen molar-refractivity contribution in [1.82, 2.24) is 4.98 Å². The number of hydrogen-bond acceptors (Lipinski definition) is 6. The number of ether oxygens (including phenoxy) is 1. The standard InChI is InChI=1S/C35H30BrFN2O5/c1-3-20-15-23(36)16-27-29(35(43)44-18-31(40)22-5-9-24(37)10-6-22)17-30(38-32(20)27)21-7-11-25(12-8-21)39-33(41)26-13-4-19(2)14-28(26)34(39)42/h5-12,15-17,19,26,28H,3-4,13-14,18H2,1-2H3. The number of imide groups is 1. The number of hydrogen-bond donors (Lipinski definition) is 0. The summed E-state index contributed by atoms with van der Waals surface area (Å²) in [6, 6.07) is 17.4. The Morgan fingerprint density at radius 1 is 0.977 bits per heavy atom. The maximum atomic E-state index is 13.4. The summed E-state index contributed by atoms with van der Waals surface area (Å²) in [5.41, 5.74) is 3.70. The number of nitrogens with zero attached hydrogens (tertiary/aromatic N) is 2. The molecule has 7 nitrogen and oxygen atoms in total. The van der Waals surface area contributed by atoms with Gasteiger partial charge in [0.1, 0.15) is 5.82 Å². The summed E-state index contributed by atoms with van der Waals surface area (Å²) in [5, 5.41) is 0.570. The molecular formula is C35H30BrFN2O5. The minimum Gasteiger partial charge on any atom is -0.454 e. The minimum atomic E-state index is -0.698. The van der Waals surface area contributed by atoms with Crippen LogP contribution in [-0.4, -0.2) is 35.2 Å². The number of rotatable bonds is 7. The number of carbonyl (C=O) groups is 4. The SMILES string of the molecule is CCc1cc(Br)cc2c(C(=O)OCC(=O)c3ccc(F)cc3)cc(-c3ccc(N4C(=O)C5CCC(C)CC5C4=O)cc3)nc12. The molecule has 1 aromatic heterocycles. The number of fused-ring (bicyclic) bond motifs is 2. The van der Waals surface area contributed by atoms with Crippen molar-refractivity contribution < 1.29 is 28.3 Å². The van der Waals surface area contributed by atoms with Crippen molar-refractivity contribution in [2.24, 2.45) is 17.8 Å². The molecule has 1 aliphatic heterocycles. The fourth-order valence-corrected chi connectivity index (χ4v) is 6.81. The third kappa shape index (κ3) is 5.56. The van der Waals surface area contributed by atoms with Crippen molar-refractivity contribution in [3.63, 3.8) is 0 Å². The van der Waals surface area contributed by atoms with Crippen LogP contribution in [0.4, 0.5) is 10.1 Å². The van der Waals surface area contributed by atoms with Crippen LogP contribution >= 0.6 is 15.9 Å². The molecule has 2 amide bonds.